The van der Waals surface area contributed by atoms with Crippen molar-refractivity contribution >= 4 is 0 Å². The number of benzene rings is 1. The Morgan fingerprint density at radius 1 is 1.21 bits per heavy atom. The first-order valence-electron chi connectivity index (χ1n) is 4.74. The predicted molar refractivity (Wildman–Crippen MR) is 57.9 cm³/mol. The van der Waals surface area contributed by atoms with Crippen molar-refractivity contribution in [3.05, 3.63) is 36.9 Å². The maximum Gasteiger partial charge on any atom is 0.119 e. The van der Waals surface area contributed by atoms with Crippen LogP contribution in [-0.4, -0.2) is 13.7 Å². The van der Waals surface area contributed by atoms with Gasteiger partial charge in [0.25, 0.3) is 0 Å². The molecule has 2 nitrogen and oxygen atoms in total. The number of ether oxygens (including phenoxy) is 2. The van der Waals surface area contributed by atoms with Gasteiger partial charge in [0.15, 0.2) is 0 Å². The van der Waals surface area contributed by atoms with Gasteiger partial charge < -0.3 is 9.47 Å². The van der Waals surface area contributed by atoms with Gasteiger partial charge in [0, 0.05) is 0 Å². The summed E-state index contributed by atoms with van der Waals surface area (Å²) < 4.78 is 10.5. The molecule has 0 aliphatic heterocycles. The predicted octanol–water partition coefficient (Wildman–Crippen LogP) is 3.04. The fourth-order valence-electron chi connectivity index (χ4n) is 1.09. The number of rotatable bonds is 6. The molecule has 0 N–H and O–H groups in total. The number of unbranched alkanes of at least 4 members (excludes halogenated alkanes) is 1. The maximum atomic E-state index is 5.50. The van der Waals surface area contributed by atoms with Crippen molar-refractivity contribution in [1.29, 1.82) is 0 Å². The van der Waals surface area contributed by atoms with Crippen molar-refractivity contribution in [3.8, 4) is 11.5 Å². The number of hydrogen-bond donors (Lipinski definition) is 0. The first-order valence-corrected chi connectivity index (χ1v) is 4.74. The molecular formula is C12H16O2. The van der Waals surface area contributed by atoms with E-state index < -0.39 is 0 Å². The summed E-state index contributed by atoms with van der Waals surface area (Å²) in [6, 6.07) is 7.60. The highest BCUT2D eigenvalue weighted by Crippen LogP contribution is 2.17. The summed E-state index contributed by atoms with van der Waals surface area (Å²) in [6.45, 7) is 4.39. The lowest BCUT2D eigenvalue weighted by atomic mass is 10.3. The molecule has 0 spiro atoms. The molecule has 1 rings (SSSR count). The second kappa shape index (κ2) is 6.08. The molecule has 0 bridgehead atoms. The molecule has 0 radical (unpaired) electrons. The number of allylic oxidation sites excluding steroid dienone is 1. The highest BCUT2D eigenvalue weighted by molar-refractivity contribution is 5.31. The van der Waals surface area contributed by atoms with Crippen molar-refractivity contribution < 1.29 is 9.47 Å². The summed E-state index contributed by atoms with van der Waals surface area (Å²) in [5, 5.41) is 0. The second-order valence-electron chi connectivity index (χ2n) is 2.95. The van der Waals surface area contributed by atoms with Gasteiger partial charge in [-0.1, -0.05) is 6.08 Å². The summed E-state index contributed by atoms with van der Waals surface area (Å²) in [4.78, 5) is 0. The first kappa shape index (κ1) is 10.6. The van der Waals surface area contributed by atoms with Crippen molar-refractivity contribution in [3.63, 3.8) is 0 Å². The largest absolute Gasteiger partial charge is 0.497 e. The zero-order valence-electron chi connectivity index (χ0n) is 8.53. The number of methoxy groups -OCH3 is 1. The molecule has 1 aromatic carbocycles. The second-order valence-corrected chi connectivity index (χ2v) is 2.95. The summed E-state index contributed by atoms with van der Waals surface area (Å²) in [6.07, 6.45) is 3.91. The van der Waals surface area contributed by atoms with E-state index in [1.165, 1.54) is 0 Å². The van der Waals surface area contributed by atoms with Crippen LogP contribution in [0.3, 0.4) is 0 Å². The molecule has 0 fully saturated rings. The Bertz CT molecular complexity index is 264. The normalized spacial score (nSPS) is 9.50. The van der Waals surface area contributed by atoms with Crippen LogP contribution in [0.5, 0.6) is 11.5 Å². The SMILES string of the molecule is C=CCCCOc1ccc(OC)cc1. The Kier molecular flexibility index (Phi) is 4.62. The molecule has 0 unspecified atom stereocenters. The molecule has 0 heterocycles. The molecule has 2 heteroatoms. The molecule has 0 aromatic heterocycles. The van der Waals surface area contributed by atoms with Gasteiger partial charge in [-0.2, -0.15) is 0 Å². The Morgan fingerprint density at radius 3 is 2.43 bits per heavy atom. The van der Waals surface area contributed by atoms with Crippen molar-refractivity contribution in [2.45, 2.75) is 12.8 Å². The topological polar surface area (TPSA) is 18.5 Å². The van der Waals surface area contributed by atoms with Crippen LogP contribution < -0.4 is 9.47 Å². The minimum atomic E-state index is 0.734. The minimum absolute atomic E-state index is 0.734. The van der Waals surface area contributed by atoms with Crippen molar-refractivity contribution in [2.75, 3.05) is 13.7 Å². The lowest BCUT2D eigenvalue weighted by molar-refractivity contribution is 0.311. The average molecular weight is 192 g/mol. The monoisotopic (exact) mass is 192 g/mol. The van der Waals surface area contributed by atoms with Crippen LogP contribution in [-0.2, 0) is 0 Å². The van der Waals surface area contributed by atoms with Gasteiger partial charge >= 0.3 is 0 Å². The van der Waals surface area contributed by atoms with Crippen LogP contribution >= 0.6 is 0 Å². The van der Waals surface area contributed by atoms with Crippen LogP contribution in [0.4, 0.5) is 0 Å². The molecule has 0 atom stereocenters. The Balaban J connectivity index is 2.32. The fourth-order valence-corrected chi connectivity index (χ4v) is 1.09. The van der Waals surface area contributed by atoms with Crippen LogP contribution in [0.15, 0.2) is 36.9 Å². The van der Waals surface area contributed by atoms with Gasteiger partial charge in [-0.05, 0) is 37.1 Å². The smallest absolute Gasteiger partial charge is 0.119 e. The van der Waals surface area contributed by atoms with Gasteiger partial charge in [-0.3, -0.25) is 0 Å². The van der Waals surface area contributed by atoms with E-state index in [-0.39, 0.29) is 0 Å². The highest BCUT2D eigenvalue weighted by atomic mass is 16.5. The van der Waals surface area contributed by atoms with Crippen LogP contribution in [0.1, 0.15) is 12.8 Å². The van der Waals surface area contributed by atoms with Gasteiger partial charge in [0.1, 0.15) is 11.5 Å². The van der Waals surface area contributed by atoms with Gasteiger partial charge in [0.05, 0.1) is 13.7 Å². The number of hydrogen-bond acceptors (Lipinski definition) is 2. The van der Waals surface area contributed by atoms with E-state index in [9.17, 15) is 0 Å². The quantitative estimate of drug-likeness (QED) is 0.509. The standard InChI is InChI=1S/C12H16O2/c1-3-4-5-10-14-12-8-6-11(13-2)7-9-12/h3,6-9H,1,4-5,10H2,2H3. The molecule has 1 aromatic rings. The third kappa shape index (κ3) is 3.52. The lowest BCUT2D eigenvalue weighted by Crippen LogP contribution is -1.96. The van der Waals surface area contributed by atoms with Gasteiger partial charge in [-0.15, -0.1) is 6.58 Å². The van der Waals surface area contributed by atoms with Crippen molar-refractivity contribution in [2.24, 2.45) is 0 Å². The summed E-state index contributed by atoms with van der Waals surface area (Å²) in [7, 11) is 1.65. The molecular weight excluding hydrogens is 176 g/mol. The van der Waals surface area contributed by atoms with E-state index in [0.717, 1.165) is 30.9 Å². The van der Waals surface area contributed by atoms with Crippen molar-refractivity contribution in [1.82, 2.24) is 0 Å². The van der Waals surface area contributed by atoms with Crippen LogP contribution in [0.25, 0.3) is 0 Å². The molecule has 0 saturated carbocycles. The minimum Gasteiger partial charge on any atom is -0.497 e. The molecule has 0 amide bonds. The van der Waals surface area contributed by atoms with E-state index in [4.69, 9.17) is 9.47 Å². The van der Waals surface area contributed by atoms with E-state index >= 15 is 0 Å². The zero-order valence-corrected chi connectivity index (χ0v) is 8.53. The summed E-state index contributed by atoms with van der Waals surface area (Å²) in [5.41, 5.74) is 0. The zero-order chi connectivity index (χ0) is 10.2. The molecule has 0 aliphatic carbocycles. The Hall–Kier alpha value is -1.44. The van der Waals surface area contributed by atoms with E-state index in [1.54, 1.807) is 7.11 Å². The highest BCUT2D eigenvalue weighted by Gasteiger charge is 1.93. The first-order chi connectivity index (χ1) is 6.86. The van der Waals surface area contributed by atoms with E-state index in [2.05, 4.69) is 6.58 Å². The third-order valence-corrected chi connectivity index (χ3v) is 1.88. The summed E-state index contributed by atoms with van der Waals surface area (Å²) in [5.74, 6) is 1.73. The molecule has 76 valence electrons. The van der Waals surface area contributed by atoms with Crippen LogP contribution in [0.2, 0.25) is 0 Å². The summed E-state index contributed by atoms with van der Waals surface area (Å²) >= 11 is 0. The Morgan fingerprint density at radius 2 is 1.86 bits per heavy atom. The van der Waals surface area contributed by atoms with Gasteiger partial charge in [0.2, 0.25) is 0 Å². The van der Waals surface area contributed by atoms with E-state index in [1.807, 2.05) is 30.3 Å². The average Bonchev–Trinajstić information content (AvgIpc) is 2.25. The van der Waals surface area contributed by atoms with E-state index in [0.29, 0.717) is 0 Å². The third-order valence-electron chi connectivity index (χ3n) is 1.88. The van der Waals surface area contributed by atoms with Gasteiger partial charge in [-0.25, -0.2) is 0 Å². The fraction of sp³-hybridized carbons (Fsp3) is 0.333. The molecule has 0 aliphatic rings. The molecule has 0 saturated heterocycles. The maximum absolute atomic E-state index is 5.50. The Labute approximate surface area is 85.2 Å². The van der Waals surface area contributed by atoms with Crippen LogP contribution in [0, 0.1) is 0 Å². The molecule has 14 heavy (non-hydrogen) atoms. The lowest BCUT2D eigenvalue weighted by Gasteiger charge is -2.05.